The predicted octanol–water partition coefficient (Wildman–Crippen LogP) is 0.191. The van der Waals surface area contributed by atoms with Crippen LogP contribution in [0.15, 0.2) is 0 Å². The van der Waals surface area contributed by atoms with E-state index in [1.807, 2.05) is 0 Å². The molecule has 6 heteroatoms. The molecule has 2 saturated heterocycles. The summed E-state index contributed by atoms with van der Waals surface area (Å²) in [6.45, 7) is 0.340. The maximum atomic E-state index is 13.7. The van der Waals surface area contributed by atoms with Crippen molar-refractivity contribution in [3.05, 3.63) is 0 Å². The van der Waals surface area contributed by atoms with E-state index in [0.29, 0.717) is 13.0 Å². The van der Waals surface area contributed by atoms with Crippen LogP contribution in [0.25, 0.3) is 0 Å². The minimum atomic E-state index is -2.28. The fourth-order valence-electron chi connectivity index (χ4n) is 2.11. The van der Waals surface area contributed by atoms with Crippen molar-refractivity contribution in [2.45, 2.75) is 31.0 Å². The van der Waals surface area contributed by atoms with Crippen LogP contribution in [0, 0.1) is 0 Å². The van der Waals surface area contributed by atoms with Gasteiger partial charge in [-0.05, 0) is 12.8 Å². The third kappa shape index (κ3) is 1.89. The van der Waals surface area contributed by atoms with Crippen molar-refractivity contribution in [3.8, 4) is 0 Å². The minimum Gasteiger partial charge on any atom is -0.479 e. The van der Waals surface area contributed by atoms with Gasteiger partial charge in [0.25, 0.3) is 5.91 Å². The highest BCUT2D eigenvalue weighted by Crippen LogP contribution is 2.27. The molecule has 2 heterocycles. The molecule has 0 aromatic carbocycles. The molecule has 2 fully saturated rings. The lowest BCUT2D eigenvalue weighted by Gasteiger charge is -2.20. The van der Waals surface area contributed by atoms with Crippen LogP contribution in [-0.4, -0.2) is 53.4 Å². The highest BCUT2D eigenvalue weighted by atomic mass is 19.1. The Kier molecular flexibility index (Phi) is 2.84. The van der Waals surface area contributed by atoms with E-state index in [1.54, 1.807) is 0 Å². The standard InChI is InChI=1S/C10H14FNO4/c11-10(9(14)15)3-4-12(6-10)8(13)7-2-1-5-16-7/h7H,1-6H2,(H,14,15). The van der Waals surface area contributed by atoms with Gasteiger partial charge in [0.05, 0.1) is 6.54 Å². The van der Waals surface area contributed by atoms with Crippen LogP contribution in [0.5, 0.6) is 0 Å². The van der Waals surface area contributed by atoms with Crippen molar-refractivity contribution < 1.29 is 23.8 Å². The number of carboxylic acid groups (broad SMARTS) is 1. The van der Waals surface area contributed by atoms with Gasteiger partial charge >= 0.3 is 5.97 Å². The molecule has 0 aliphatic carbocycles. The van der Waals surface area contributed by atoms with Crippen LogP contribution in [0.3, 0.4) is 0 Å². The molecule has 2 aliphatic heterocycles. The van der Waals surface area contributed by atoms with Crippen molar-refractivity contribution in [1.82, 2.24) is 4.90 Å². The zero-order valence-corrected chi connectivity index (χ0v) is 8.82. The summed E-state index contributed by atoms with van der Waals surface area (Å²) in [5.41, 5.74) is -2.28. The Morgan fingerprint density at radius 3 is 2.75 bits per heavy atom. The van der Waals surface area contributed by atoms with Crippen LogP contribution in [0.2, 0.25) is 0 Å². The molecular formula is C10H14FNO4. The van der Waals surface area contributed by atoms with Gasteiger partial charge in [-0.15, -0.1) is 0 Å². The molecule has 2 rings (SSSR count). The number of likely N-dealkylation sites (tertiary alicyclic amines) is 1. The fraction of sp³-hybridized carbons (Fsp3) is 0.800. The molecule has 0 bridgehead atoms. The Morgan fingerprint density at radius 2 is 2.25 bits per heavy atom. The van der Waals surface area contributed by atoms with Crippen molar-refractivity contribution in [2.75, 3.05) is 19.7 Å². The second kappa shape index (κ2) is 4.01. The van der Waals surface area contributed by atoms with E-state index >= 15 is 0 Å². The summed E-state index contributed by atoms with van der Waals surface area (Å²) < 4.78 is 18.9. The molecule has 2 aliphatic rings. The summed E-state index contributed by atoms with van der Waals surface area (Å²) in [5, 5.41) is 8.69. The smallest absolute Gasteiger partial charge is 0.343 e. The number of carbonyl (C=O) groups excluding carboxylic acids is 1. The molecule has 0 spiro atoms. The van der Waals surface area contributed by atoms with Crippen LogP contribution in [-0.2, 0) is 14.3 Å². The summed E-state index contributed by atoms with van der Waals surface area (Å²) in [7, 11) is 0. The topological polar surface area (TPSA) is 66.8 Å². The Bertz CT molecular complexity index is 316. The van der Waals surface area contributed by atoms with Gasteiger partial charge in [-0.3, -0.25) is 4.79 Å². The molecule has 0 radical (unpaired) electrons. The molecule has 0 aromatic rings. The lowest BCUT2D eigenvalue weighted by Crippen LogP contribution is -2.42. The first-order valence-electron chi connectivity index (χ1n) is 5.36. The minimum absolute atomic E-state index is 0.138. The maximum absolute atomic E-state index is 13.7. The Morgan fingerprint density at radius 1 is 1.50 bits per heavy atom. The average Bonchev–Trinajstić information content (AvgIpc) is 2.85. The lowest BCUT2D eigenvalue weighted by molar-refractivity contribution is -0.151. The first-order chi connectivity index (χ1) is 7.53. The van der Waals surface area contributed by atoms with Gasteiger partial charge in [0.15, 0.2) is 0 Å². The summed E-state index contributed by atoms with van der Waals surface area (Å²) >= 11 is 0. The van der Waals surface area contributed by atoms with E-state index in [2.05, 4.69) is 0 Å². The molecule has 16 heavy (non-hydrogen) atoms. The Labute approximate surface area is 92.2 Å². The van der Waals surface area contributed by atoms with E-state index in [1.165, 1.54) is 4.90 Å². The monoisotopic (exact) mass is 231 g/mol. The molecule has 5 nitrogen and oxygen atoms in total. The number of hydrogen-bond acceptors (Lipinski definition) is 3. The normalized spacial score (nSPS) is 34.3. The van der Waals surface area contributed by atoms with Crippen molar-refractivity contribution in [2.24, 2.45) is 0 Å². The highest BCUT2D eigenvalue weighted by molar-refractivity contribution is 5.84. The summed E-state index contributed by atoms with van der Waals surface area (Å²) in [4.78, 5) is 23.7. The number of aliphatic carboxylic acids is 1. The summed E-state index contributed by atoms with van der Waals surface area (Å²) in [6.07, 6.45) is 0.822. The molecule has 2 unspecified atom stereocenters. The van der Waals surface area contributed by atoms with Gasteiger partial charge in [0.2, 0.25) is 5.67 Å². The van der Waals surface area contributed by atoms with E-state index in [0.717, 1.165) is 6.42 Å². The zero-order valence-electron chi connectivity index (χ0n) is 8.82. The third-order valence-electron chi connectivity index (χ3n) is 3.12. The number of rotatable bonds is 2. The average molecular weight is 231 g/mol. The molecule has 1 amide bonds. The van der Waals surface area contributed by atoms with Crippen LogP contribution < -0.4 is 0 Å². The van der Waals surface area contributed by atoms with Crippen LogP contribution >= 0.6 is 0 Å². The third-order valence-corrected chi connectivity index (χ3v) is 3.12. The zero-order chi connectivity index (χ0) is 11.8. The molecule has 90 valence electrons. The molecule has 0 aromatic heterocycles. The second-order valence-corrected chi connectivity index (χ2v) is 4.28. The van der Waals surface area contributed by atoms with Gasteiger partial charge in [0.1, 0.15) is 6.10 Å². The number of carbonyl (C=O) groups is 2. The van der Waals surface area contributed by atoms with Gasteiger partial charge in [-0.2, -0.15) is 0 Å². The van der Waals surface area contributed by atoms with Crippen molar-refractivity contribution >= 4 is 11.9 Å². The van der Waals surface area contributed by atoms with Gasteiger partial charge in [-0.1, -0.05) is 0 Å². The van der Waals surface area contributed by atoms with E-state index in [-0.39, 0.29) is 25.4 Å². The Hall–Kier alpha value is -1.17. The maximum Gasteiger partial charge on any atom is 0.343 e. The van der Waals surface area contributed by atoms with E-state index in [4.69, 9.17) is 9.84 Å². The summed E-state index contributed by atoms with van der Waals surface area (Å²) in [6, 6.07) is 0. The van der Waals surface area contributed by atoms with Crippen molar-refractivity contribution in [1.29, 1.82) is 0 Å². The fourth-order valence-corrected chi connectivity index (χ4v) is 2.11. The molecule has 2 atom stereocenters. The van der Waals surface area contributed by atoms with E-state index < -0.39 is 17.7 Å². The van der Waals surface area contributed by atoms with Gasteiger partial charge in [-0.25, -0.2) is 9.18 Å². The number of ether oxygens (including phenoxy) is 1. The largest absolute Gasteiger partial charge is 0.479 e. The first kappa shape index (κ1) is 11.3. The number of alkyl halides is 1. The second-order valence-electron chi connectivity index (χ2n) is 4.28. The predicted molar refractivity (Wildman–Crippen MR) is 51.6 cm³/mol. The quantitative estimate of drug-likeness (QED) is 0.736. The lowest BCUT2D eigenvalue weighted by atomic mass is 10.1. The van der Waals surface area contributed by atoms with Gasteiger partial charge in [0, 0.05) is 19.6 Å². The molecule has 1 N–H and O–H groups in total. The Balaban J connectivity index is 1.97. The van der Waals surface area contributed by atoms with Crippen LogP contribution in [0.1, 0.15) is 19.3 Å². The van der Waals surface area contributed by atoms with Crippen molar-refractivity contribution in [3.63, 3.8) is 0 Å². The molecular weight excluding hydrogens is 217 g/mol. The number of amides is 1. The van der Waals surface area contributed by atoms with E-state index in [9.17, 15) is 14.0 Å². The number of hydrogen-bond donors (Lipinski definition) is 1. The number of carboxylic acids is 1. The van der Waals surface area contributed by atoms with Crippen LogP contribution in [0.4, 0.5) is 4.39 Å². The first-order valence-corrected chi connectivity index (χ1v) is 5.36. The number of halogens is 1. The SMILES string of the molecule is O=C(C1CCCO1)N1CCC(F)(C(=O)O)C1. The van der Waals surface area contributed by atoms with Gasteiger partial charge < -0.3 is 14.7 Å². The molecule has 0 saturated carbocycles. The highest BCUT2D eigenvalue weighted by Gasteiger charge is 2.48. The summed E-state index contributed by atoms with van der Waals surface area (Å²) in [5.74, 6) is -1.77. The number of nitrogens with zero attached hydrogens (tertiary/aromatic N) is 1.